The third-order valence-corrected chi connectivity index (χ3v) is 12.9. The predicted octanol–water partition coefficient (Wildman–Crippen LogP) is 6.37. The average molecular weight is 546 g/mol. The Balaban J connectivity index is 1.68. The zero-order chi connectivity index (χ0) is 29.7. The first-order valence-corrected chi connectivity index (χ1v) is 15.1. The highest BCUT2D eigenvalue weighted by Crippen LogP contribution is 2.74. The van der Waals surface area contributed by atoms with E-state index in [9.17, 15) is 19.6 Å². The summed E-state index contributed by atoms with van der Waals surface area (Å²) in [4.78, 5) is 46.0. The Labute approximate surface area is 240 Å². The fourth-order valence-electron chi connectivity index (χ4n) is 10.4. The lowest BCUT2D eigenvalue weighted by Gasteiger charge is -2.69. The van der Waals surface area contributed by atoms with Crippen LogP contribution in [0.4, 0.5) is 0 Å². The number of rotatable bonds is 1. The van der Waals surface area contributed by atoms with Crippen molar-refractivity contribution < 1.29 is 14.4 Å². The number of fused-ring (bicyclic) bond motifs is 7. The van der Waals surface area contributed by atoms with Crippen LogP contribution in [0.15, 0.2) is 28.3 Å². The summed E-state index contributed by atoms with van der Waals surface area (Å²) in [5.74, 6) is 0.390. The highest BCUT2D eigenvalue weighted by atomic mass is 16.2. The van der Waals surface area contributed by atoms with Gasteiger partial charge >= 0.3 is 0 Å². The Hall–Kier alpha value is -2.55. The van der Waals surface area contributed by atoms with Gasteiger partial charge in [-0.3, -0.25) is 19.4 Å². The molecule has 5 rings (SSSR count). The number of carbonyl (C=O) groups excluding carboxylic acids is 3. The monoisotopic (exact) mass is 545 g/mol. The molecule has 0 bridgehead atoms. The van der Waals surface area contributed by atoms with Crippen LogP contribution in [0.1, 0.15) is 100 Å². The van der Waals surface area contributed by atoms with Gasteiger partial charge in [-0.05, 0) is 86.0 Å². The van der Waals surface area contributed by atoms with Crippen molar-refractivity contribution in [1.29, 1.82) is 5.26 Å². The van der Waals surface area contributed by atoms with Gasteiger partial charge in [0.1, 0.15) is 6.07 Å². The summed E-state index contributed by atoms with van der Waals surface area (Å²) in [5, 5.41) is 13.0. The molecule has 40 heavy (non-hydrogen) atoms. The zero-order valence-electron chi connectivity index (χ0n) is 26.0. The lowest BCUT2D eigenvalue weighted by atomic mass is 9.34. The van der Waals surface area contributed by atoms with E-state index in [0.29, 0.717) is 5.84 Å². The Bertz CT molecular complexity index is 1330. The Morgan fingerprint density at radius 1 is 1.02 bits per heavy atom. The van der Waals surface area contributed by atoms with Crippen molar-refractivity contribution in [3.8, 4) is 6.07 Å². The molecule has 0 aliphatic heterocycles. The van der Waals surface area contributed by atoms with E-state index in [1.807, 2.05) is 32.9 Å². The van der Waals surface area contributed by atoms with Gasteiger partial charge in [-0.1, -0.05) is 60.1 Å². The van der Waals surface area contributed by atoms with E-state index in [1.165, 1.54) is 0 Å². The molecule has 5 aliphatic rings. The molecule has 3 saturated carbocycles. The molecule has 7 atom stereocenters. The summed E-state index contributed by atoms with van der Waals surface area (Å²) < 4.78 is 0. The molecule has 2 unspecified atom stereocenters. The van der Waals surface area contributed by atoms with Gasteiger partial charge < -0.3 is 5.32 Å². The Kier molecular flexibility index (Phi) is 6.32. The van der Waals surface area contributed by atoms with Gasteiger partial charge in [-0.15, -0.1) is 0 Å². The van der Waals surface area contributed by atoms with E-state index in [2.05, 4.69) is 51.0 Å². The van der Waals surface area contributed by atoms with Crippen molar-refractivity contribution in [2.45, 2.75) is 100 Å². The fourth-order valence-corrected chi connectivity index (χ4v) is 10.4. The molecule has 0 spiro atoms. The second-order valence-corrected chi connectivity index (χ2v) is 15.7. The molecule has 0 aromatic rings. The summed E-state index contributed by atoms with van der Waals surface area (Å²) in [5.41, 5.74) is -1.07. The third kappa shape index (κ3) is 3.58. The molecule has 3 fully saturated rings. The number of hydrogen-bond acceptors (Lipinski definition) is 5. The van der Waals surface area contributed by atoms with Crippen LogP contribution in [0.2, 0.25) is 0 Å². The molecule has 1 amide bonds. The first-order chi connectivity index (χ1) is 18.4. The largest absolute Gasteiger partial charge is 0.314 e. The average Bonchev–Trinajstić information content (AvgIpc) is 2.87. The lowest BCUT2D eigenvalue weighted by Crippen LogP contribution is -2.66. The van der Waals surface area contributed by atoms with E-state index in [-0.39, 0.29) is 57.0 Å². The minimum atomic E-state index is -0.677. The van der Waals surface area contributed by atoms with Crippen molar-refractivity contribution >= 4 is 23.3 Å². The molecule has 216 valence electrons. The van der Waals surface area contributed by atoms with Crippen LogP contribution < -0.4 is 5.32 Å². The Morgan fingerprint density at radius 3 is 2.30 bits per heavy atom. The van der Waals surface area contributed by atoms with Gasteiger partial charge in [0.25, 0.3) is 0 Å². The van der Waals surface area contributed by atoms with Crippen LogP contribution in [0.25, 0.3) is 0 Å². The zero-order valence-corrected chi connectivity index (χ0v) is 26.0. The molecule has 0 radical (unpaired) electrons. The molecule has 1 N–H and O–H groups in total. The number of nitriles is 1. The van der Waals surface area contributed by atoms with Crippen LogP contribution in [-0.2, 0) is 14.4 Å². The first-order valence-electron chi connectivity index (χ1n) is 15.1. The summed E-state index contributed by atoms with van der Waals surface area (Å²) in [6, 6.07) is 2.18. The van der Waals surface area contributed by atoms with Crippen LogP contribution in [-0.4, -0.2) is 30.4 Å². The minimum Gasteiger partial charge on any atom is -0.314 e. The number of amides is 1. The molecule has 0 aromatic heterocycles. The fraction of sp³-hybridized carbons (Fsp3) is 0.735. The maximum atomic E-state index is 14.5. The number of aliphatic imine (C=N–C) groups is 1. The smallest absolute Gasteiger partial charge is 0.231 e. The third-order valence-electron chi connectivity index (χ3n) is 12.9. The molecule has 5 aliphatic carbocycles. The van der Waals surface area contributed by atoms with Crippen molar-refractivity contribution in [2.24, 2.45) is 55.2 Å². The number of Topliss-reactive ketones (excluding diaryl/α,β-unsaturated/α-hetero) is 1. The molecule has 0 aromatic carbocycles. The van der Waals surface area contributed by atoms with Gasteiger partial charge in [0, 0.05) is 23.8 Å². The molecular formula is C34H47N3O3. The predicted molar refractivity (Wildman–Crippen MR) is 156 cm³/mol. The van der Waals surface area contributed by atoms with E-state index < -0.39 is 16.2 Å². The topological polar surface area (TPSA) is 99.4 Å². The second-order valence-electron chi connectivity index (χ2n) is 15.7. The first kappa shape index (κ1) is 29.0. The van der Waals surface area contributed by atoms with Gasteiger partial charge in [0.15, 0.2) is 11.6 Å². The number of nitrogens with one attached hydrogen (secondary N) is 1. The number of allylic oxidation sites excluding steroid dienone is 4. The standard InChI is InChI=1S/C34H47N3O3/c1-20(36-9)37-28(40)34-14-12-29(2,3)18-22(34)26-23(38)16-25-31(6)17-21(19-35)27(39)30(4,5)24(31)10-11-32(25,7)33(26,8)13-15-34/h16-17,22,24,26H,10-15,18H2,1-9H3,(H,36,37,40)/t22?,24-,26?,31-,32+,33+,34-/m0/s1. The van der Waals surface area contributed by atoms with Crippen LogP contribution >= 0.6 is 0 Å². The number of hydrogen-bond donors (Lipinski definition) is 1. The van der Waals surface area contributed by atoms with E-state index in [1.54, 1.807) is 7.05 Å². The number of nitrogens with zero attached hydrogens (tertiary/aromatic N) is 2. The van der Waals surface area contributed by atoms with Crippen LogP contribution in [0.5, 0.6) is 0 Å². The van der Waals surface area contributed by atoms with Crippen LogP contribution in [0.3, 0.4) is 0 Å². The van der Waals surface area contributed by atoms with Crippen LogP contribution in [0, 0.1) is 61.6 Å². The summed E-state index contributed by atoms with van der Waals surface area (Å²) in [6.45, 7) is 17.1. The van der Waals surface area contributed by atoms with E-state index in [0.717, 1.165) is 50.5 Å². The van der Waals surface area contributed by atoms with E-state index >= 15 is 0 Å². The maximum absolute atomic E-state index is 14.5. The molecule has 0 heterocycles. The summed E-state index contributed by atoms with van der Waals surface area (Å²) in [6.07, 6.45) is 9.68. The summed E-state index contributed by atoms with van der Waals surface area (Å²) in [7, 11) is 1.69. The lowest BCUT2D eigenvalue weighted by molar-refractivity contribution is -0.177. The molecule has 6 heteroatoms. The SMILES string of the molecule is CN=C(C)NC(=O)[C@]12CCC(C)(C)CC1C1C(=O)C=C3[C@@]4(C)C=C(C#N)C(=O)C(C)(C)[C@@H]4CC[C@@]3(C)[C@]1(C)CC2. The van der Waals surface area contributed by atoms with Crippen molar-refractivity contribution in [3.05, 3.63) is 23.3 Å². The Morgan fingerprint density at radius 2 is 1.68 bits per heavy atom. The van der Waals surface area contributed by atoms with Gasteiger partial charge in [0.2, 0.25) is 5.91 Å². The number of amidine groups is 1. The summed E-state index contributed by atoms with van der Waals surface area (Å²) >= 11 is 0. The maximum Gasteiger partial charge on any atom is 0.231 e. The minimum absolute atomic E-state index is 0.0234. The van der Waals surface area contributed by atoms with Gasteiger partial charge in [0.05, 0.1) is 16.8 Å². The van der Waals surface area contributed by atoms with Gasteiger partial charge in [-0.25, -0.2) is 0 Å². The highest BCUT2D eigenvalue weighted by Gasteiger charge is 2.70. The van der Waals surface area contributed by atoms with E-state index in [4.69, 9.17) is 0 Å². The number of ketones is 2. The van der Waals surface area contributed by atoms with Crippen molar-refractivity contribution in [2.75, 3.05) is 7.05 Å². The van der Waals surface area contributed by atoms with Gasteiger partial charge in [-0.2, -0.15) is 5.26 Å². The normalized spacial score (nSPS) is 43.6. The molecule has 6 nitrogen and oxygen atoms in total. The number of carbonyl (C=O) groups is 3. The molecular weight excluding hydrogens is 498 g/mol. The molecule has 0 saturated heterocycles. The van der Waals surface area contributed by atoms with Crippen molar-refractivity contribution in [3.63, 3.8) is 0 Å². The van der Waals surface area contributed by atoms with Crippen molar-refractivity contribution in [1.82, 2.24) is 5.32 Å². The second kappa shape index (κ2) is 8.73. The highest BCUT2D eigenvalue weighted by molar-refractivity contribution is 6.05. The quantitative estimate of drug-likeness (QED) is 0.306.